The van der Waals surface area contributed by atoms with Crippen molar-refractivity contribution in [2.75, 3.05) is 5.32 Å². The van der Waals surface area contributed by atoms with Crippen LogP contribution in [0.15, 0.2) is 40.5 Å². The van der Waals surface area contributed by atoms with Gasteiger partial charge in [0.1, 0.15) is 4.70 Å². The molecule has 18 heavy (non-hydrogen) atoms. The van der Waals surface area contributed by atoms with Gasteiger partial charge in [-0.2, -0.15) is 0 Å². The highest BCUT2D eigenvalue weighted by atomic mass is 32.1. The molecule has 0 bridgehead atoms. The van der Waals surface area contributed by atoms with E-state index in [1.165, 1.54) is 11.3 Å². The summed E-state index contributed by atoms with van der Waals surface area (Å²) in [6.45, 7) is 2.00. The predicted molar refractivity (Wildman–Crippen MR) is 74.7 cm³/mol. The quantitative estimate of drug-likeness (QED) is 0.742. The van der Waals surface area contributed by atoms with Gasteiger partial charge in [-0.3, -0.25) is 9.78 Å². The SMILES string of the molecule is Cc1ccccc1Nc1nc2ccsc2c(=O)[nH]1. The number of benzene rings is 1. The molecule has 0 saturated carbocycles. The third-order valence-electron chi connectivity index (χ3n) is 2.71. The van der Waals surface area contributed by atoms with E-state index in [0.29, 0.717) is 10.6 Å². The number of nitrogens with zero attached hydrogens (tertiary/aromatic N) is 1. The molecular formula is C13H11N3OS. The summed E-state index contributed by atoms with van der Waals surface area (Å²) in [4.78, 5) is 18.9. The number of aromatic nitrogens is 2. The zero-order valence-electron chi connectivity index (χ0n) is 9.73. The monoisotopic (exact) mass is 257 g/mol. The van der Waals surface area contributed by atoms with Gasteiger partial charge >= 0.3 is 0 Å². The third kappa shape index (κ3) is 1.89. The van der Waals surface area contributed by atoms with Crippen molar-refractivity contribution in [1.82, 2.24) is 9.97 Å². The summed E-state index contributed by atoms with van der Waals surface area (Å²) in [7, 11) is 0. The van der Waals surface area contributed by atoms with Crippen molar-refractivity contribution in [2.45, 2.75) is 6.92 Å². The summed E-state index contributed by atoms with van der Waals surface area (Å²) in [5.74, 6) is 0.472. The van der Waals surface area contributed by atoms with Crippen LogP contribution < -0.4 is 10.9 Å². The fourth-order valence-corrected chi connectivity index (χ4v) is 2.50. The molecule has 0 spiro atoms. The number of aromatic amines is 1. The maximum Gasteiger partial charge on any atom is 0.270 e. The summed E-state index contributed by atoms with van der Waals surface area (Å²) >= 11 is 1.40. The molecule has 0 aliphatic rings. The Morgan fingerprint density at radius 1 is 1.28 bits per heavy atom. The summed E-state index contributed by atoms with van der Waals surface area (Å²) < 4.78 is 0.658. The molecule has 90 valence electrons. The van der Waals surface area contributed by atoms with Crippen LogP contribution in [0.3, 0.4) is 0 Å². The molecule has 1 aromatic carbocycles. The summed E-state index contributed by atoms with van der Waals surface area (Å²) in [6.07, 6.45) is 0. The van der Waals surface area contributed by atoms with Crippen molar-refractivity contribution < 1.29 is 0 Å². The molecule has 2 aromatic heterocycles. The number of H-pyrrole nitrogens is 1. The first-order valence-corrected chi connectivity index (χ1v) is 6.42. The number of fused-ring (bicyclic) bond motifs is 1. The van der Waals surface area contributed by atoms with E-state index in [2.05, 4.69) is 15.3 Å². The van der Waals surface area contributed by atoms with Gasteiger partial charge in [-0.15, -0.1) is 11.3 Å². The first-order chi connectivity index (χ1) is 8.74. The molecule has 0 saturated heterocycles. The fraction of sp³-hybridized carbons (Fsp3) is 0.0769. The highest BCUT2D eigenvalue weighted by Gasteiger charge is 2.05. The Kier molecular flexibility index (Phi) is 2.60. The Labute approximate surface area is 107 Å². The predicted octanol–water partition coefficient (Wildman–Crippen LogP) is 3.04. The second-order valence-electron chi connectivity index (χ2n) is 3.99. The van der Waals surface area contributed by atoms with Crippen LogP contribution in [0.2, 0.25) is 0 Å². The number of para-hydroxylation sites is 1. The molecule has 0 aliphatic carbocycles. The molecule has 3 aromatic rings. The van der Waals surface area contributed by atoms with Gasteiger partial charge in [-0.25, -0.2) is 4.98 Å². The minimum absolute atomic E-state index is 0.105. The average molecular weight is 257 g/mol. The number of thiophene rings is 1. The zero-order valence-corrected chi connectivity index (χ0v) is 10.5. The molecular weight excluding hydrogens is 246 g/mol. The summed E-state index contributed by atoms with van der Waals surface area (Å²) in [5.41, 5.74) is 2.66. The Balaban J connectivity index is 2.05. The van der Waals surface area contributed by atoms with Crippen molar-refractivity contribution in [3.8, 4) is 0 Å². The van der Waals surface area contributed by atoms with Gasteiger partial charge in [0.25, 0.3) is 5.56 Å². The highest BCUT2D eigenvalue weighted by molar-refractivity contribution is 7.17. The number of hydrogen-bond donors (Lipinski definition) is 2. The Morgan fingerprint density at radius 3 is 2.94 bits per heavy atom. The maximum absolute atomic E-state index is 11.8. The molecule has 0 amide bonds. The number of nitrogens with one attached hydrogen (secondary N) is 2. The lowest BCUT2D eigenvalue weighted by Crippen LogP contribution is -2.09. The molecule has 2 heterocycles. The zero-order chi connectivity index (χ0) is 12.5. The molecule has 4 nitrogen and oxygen atoms in total. The largest absolute Gasteiger partial charge is 0.325 e. The second-order valence-corrected chi connectivity index (χ2v) is 4.91. The second kappa shape index (κ2) is 4.27. The van der Waals surface area contributed by atoms with Gasteiger partial charge in [0, 0.05) is 5.69 Å². The van der Waals surface area contributed by atoms with Crippen LogP contribution in [0.25, 0.3) is 10.2 Å². The highest BCUT2D eigenvalue weighted by Crippen LogP contribution is 2.19. The number of anilines is 2. The van der Waals surface area contributed by atoms with Crippen molar-refractivity contribution in [3.63, 3.8) is 0 Å². The standard InChI is InChI=1S/C13H11N3OS/c1-8-4-2-3-5-9(8)14-13-15-10-6-7-18-11(10)12(17)16-13/h2-7H,1H3,(H2,14,15,16,17). The van der Waals surface area contributed by atoms with E-state index in [1.54, 1.807) is 0 Å². The fourth-order valence-electron chi connectivity index (χ4n) is 1.77. The Hall–Kier alpha value is -2.14. The van der Waals surface area contributed by atoms with Crippen molar-refractivity contribution >= 4 is 33.2 Å². The Morgan fingerprint density at radius 2 is 2.11 bits per heavy atom. The first-order valence-electron chi connectivity index (χ1n) is 5.54. The van der Waals surface area contributed by atoms with Crippen molar-refractivity contribution in [3.05, 3.63) is 51.6 Å². The van der Waals surface area contributed by atoms with Gasteiger partial charge in [-0.05, 0) is 30.0 Å². The Bertz CT molecular complexity index is 760. The van der Waals surface area contributed by atoms with Crippen molar-refractivity contribution in [1.29, 1.82) is 0 Å². The molecule has 0 fully saturated rings. The lowest BCUT2D eigenvalue weighted by Gasteiger charge is -2.07. The van der Waals surface area contributed by atoms with Crippen LogP contribution in [0, 0.1) is 6.92 Å². The molecule has 0 aliphatic heterocycles. The van der Waals surface area contributed by atoms with Gasteiger partial charge in [0.2, 0.25) is 5.95 Å². The van der Waals surface area contributed by atoms with E-state index < -0.39 is 0 Å². The first kappa shape index (κ1) is 11.0. The lowest BCUT2D eigenvalue weighted by atomic mass is 10.2. The topological polar surface area (TPSA) is 57.8 Å². The van der Waals surface area contributed by atoms with Gasteiger partial charge < -0.3 is 5.32 Å². The average Bonchev–Trinajstić information content (AvgIpc) is 2.81. The van der Waals surface area contributed by atoms with Crippen LogP contribution >= 0.6 is 11.3 Å². The van der Waals surface area contributed by atoms with E-state index in [-0.39, 0.29) is 5.56 Å². The molecule has 0 atom stereocenters. The molecule has 3 rings (SSSR count). The van der Waals surface area contributed by atoms with E-state index in [1.807, 2.05) is 42.6 Å². The van der Waals surface area contributed by atoms with E-state index in [9.17, 15) is 4.79 Å². The van der Waals surface area contributed by atoms with Crippen LogP contribution in [0.4, 0.5) is 11.6 Å². The van der Waals surface area contributed by atoms with Crippen molar-refractivity contribution in [2.24, 2.45) is 0 Å². The molecule has 5 heteroatoms. The third-order valence-corrected chi connectivity index (χ3v) is 3.62. The summed E-state index contributed by atoms with van der Waals surface area (Å²) in [6, 6.07) is 9.71. The van der Waals surface area contributed by atoms with Crippen LogP contribution in [0.1, 0.15) is 5.56 Å². The van der Waals surface area contributed by atoms with Gasteiger partial charge in [0.05, 0.1) is 5.52 Å². The minimum Gasteiger partial charge on any atom is -0.325 e. The number of aryl methyl sites for hydroxylation is 1. The van der Waals surface area contributed by atoms with Gasteiger partial charge in [0.15, 0.2) is 0 Å². The number of hydrogen-bond acceptors (Lipinski definition) is 4. The molecule has 0 unspecified atom stereocenters. The minimum atomic E-state index is -0.105. The van der Waals surface area contributed by atoms with E-state index in [0.717, 1.165) is 16.8 Å². The van der Waals surface area contributed by atoms with Crippen LogP contribution in [0.5, 0.6) is 0 Å². The van der Waals surface area contributed by atoms with Crippen LogP contribution in [-0.2, 0) is 0 Å². The molecule has 0 radical (unpaired) electrons. The number of rotatable bonds is 2. The van der Waals surface area contributed by atoms with E-state index >= 15 is 0 Å². The maximum atomic E-state index is 11.8. The molecule has 2 N–H and O–H groups in total. The van der Waals surface area contributed by atoms with Gasteiger partial charge in [-0.1, -0.05) is 18.2 Å². The smallest absolute Gasteiger partial charge is 0.270 e. The van der Waals surface area contributed by atoms with E-state index in [4.69, 9.17) is 0 Å². The lowest BCUT2D eigenvalue weighted by molar-refractivity contribution is 1.17. The summed E-state index contributed by atoms with van der Waals surface area (Å²) in [5, 5.41) is 5.00. The normalized spacial score (nSPS) is 10.7. The van der Waals surface area contributed by atoms with Crippen LogP contribution in [-0.4, -0.2) is 9.97 Å².